The van der Waals surface area contributed by atoms with Gasteiger partial charge in [0, 0.05) is 6.54 Å². The Balaban J connectivity index is 2.53. The lowest BCUT2D eigenvalue weighted by atomic mass is 10.1. The SMILES string of the molecule is NCC(O)c1[nH]c(=O)[nH]c1-c1ccccc1. The molecule has 1 aromatic heterocycles. The normalized spacial score (nSPS) is 12.6. The number of aromatic amines is 2. The van der Waals surface area contributed by atoms with Crippen molar-refractivity contribution < 1.29 is 5.11 Å². The summed E-state index contributed by atoms with van der Waals surface area (Å²) in [5, 5.41) is 9.67. The van der Waals surface area contributed by atoms with Crippen LogP contribution in [0, 0.1) is 0 Å². The van der Waals surface area contributed by atoms with Gasteiger partial charge in [0.15, 0.2) is 0 Å². The molecule has 2 rings (SSSR count). The van der Waals surface area contributed by atoms with Crippen LogP contribution in [0.2, 0.25) is 0 Å². The maximum atomic E-state index is 11.2. The van der Waals surface area contributed by atoms with Crippen LogP contribution in [0.5, 0.6) is 0 Å². The smallest absolute Gasteiger partial charge is 0.323 e. The molecule has 5 nitrogen and oxygen atoms in total. The molecule has 0 radical (unpaired) electrons. The van der Waals surface area contributed by atoms with E-state index in [0.717, 1.165) is 5.56 Å². The summed E-state index contributed by atoms with van der Waals surface area (Å²) in [6, 6.07) is 9.31. The average Bonchev–Trinajstić information content (AvgIpc) is 2.71. The number of aliphatic hydroxyl groups is 1. The van der Waals surface area contributed by atoms with Crippen LogP contribution in [0.4, 0.5) is 0 Å². The molecule has 0 aliphatic carbocycles. The quantitative estimate of drug-likeness (QED) is 0.600. The monoisotopic (exact) mass is 219 g/mol. The standard InChI is InChI=1S/C11H13N3O2/c12-6-8(15)10-9(13-11(16)14-10)7-4-2-1-3-5-7/h1-5,8,15H,6,12H2,(H2,13,14,16). The number of aliphatic hydroxyl groups excluding tert-OH is 1. The molecule has 1 atom stereocenters. The minimum absolute atomic E-state index is 0.0631. The Hall–Kier alpha value is -1.85. The highest BCUT2D eigenvalue weighted by atomic mass is 16.3. The number of rotatable bonds is 3. The summed E-state index contributed by atoms with van der Waals surface area (Å²) >= 11 is 0. The van der Waals surface area contributed by atoms with Crippen LogP contribution in [0.25, 0.3) is 11.3 Å². The molecule has 16 heavy (non-hydrogen) atoms. The van der Waals surface area contributed by atoms with Gasteiger partial charge < -0.3 is 20.8 Å². The van der Waals surface area contributed by atoms with Crippen molar-refractivity contribution in [1.82, 2.24) is 9.97 Å². The van der Waals surface area contributed by atoms with E-state index in [2.05, 4.69) is 9.97 Å². The van der Waals surface area contributed by atoms with Gasteiger partial charge in [-0.3, -0.25) is 0 Å². The minimum atomic E-state index is -0.867. The highest BCUT2D eigenvalue weighted by Crippen LogP contribution is 2.22. The van der Waals surface area contributed by atoms with Crippen molar-refractivity contribution in [1.29, 1.82) is 0 Å². The molecule has 5 N–H and O–H groups in total. The Morgan fingerprint density at radius 1 is 1.25 bits per heavy atom. The summed E-state index contributed by atoms with van der Waals surface area (Å²) < 4.78 is 0. The van der Waals surface area contributed by atoms with E-state index in [0.29, 0.717) is 11.4 Å². The van der Waals surface area contributed by atoms with Gasteiger partial charge in [-0.05, 0) is 5.56 Å². The average molecular weight is 219 g/mol. The van der Waals surface area contributed by atoms with E-state index in [9.17, 15) is 9.90 Å². The first-order chi connectivity index (χ1) is 7.72. The number of nitrogens with two attached hydrogens (primary N) is 1. The van der Waals surface area contributed by atoms with E-state index in [1.54, 1.807) is 0 Å². The predicted octanol–water partition coefficient (Wildman–Crippen LogP) is 0.362. The second kappa shape index (κ2) is 4.34. The lowest BCUT2D eigenvalue weighted by Crippen LogP contribution is -2.13. The first-order valence-electron chi connectivity index (χ1n) is 4.98. The van der Waals surface area contributed by atoms with Gasteiger partial charge in [0.2, 0.25) is 0 Å². The molecule has 0 amide bonds. The topological polar surface area (TPSA) is 94.9 Å². The number of hydrogen-bond donors (Lipinski definition) is 4. The maximum absolute atomic E-state index is 11.2. The zero-order chi connectivity index (χ0) is 11.5. The molecule has 0 aliphatic rings. The van der Waals surface area contributed by atoms with Crippen LogP contribution >= 0.6 is 0 Å². The molecule has 0 saturated carbocycles. The summed E-state index contributed by atoms with van der Waals surface area (Å²) in [7, 11) is 0. The molecule has 84 valence electrons. The molecule has 2 aromatic rings. The Morgan fingerprint density at radius 2 is 1.94 bits per heavy atom. The molecule has 0 bridgehead atoms. The number of nitrogens with one attached hydrogen (secondary N) is 2. The fourth-order valence-corrected chi connectivity index (χ4v) is 1.60. The lowest BCUT2D eigenvalue weighted by molar-refractivity contribution is 0.183. The van der Waals surface area contributed by atoms with Gasteiger partial charge in [-0.25, -0.2) is 4.79 Å². The van der Waals surface area contributed by atoms with E-state index in [4.69, 9.17) is 5.73 Å². The van der Waals surface area contributed by atoms with Crippen molar-refractivity contribution in [2.75, 3.05) is 6.54 Å². The molecular formula is C11H13N3O2. The van der Waals surface area contributed by atoms with Crippen molar-refractivity contribution in [2.24, 2.45) is 5.73 Å². The first-order valence-corrected chi connectivity index (χ1v) is 4.98. The fourth-order valence-electron chi connectivity index (χ4n) is 1.60. The lowest BCUT2D eigenvalue weighted by Gasteiger charge is -2.08. The van der Waals surface area contributed by atoms with Gasteiger partial charge in [-0.15, -0.1) is 0 Å². The molecule has 0 fully saturated rings. The van der Waals surface area contributed by atoms with E-state index in [-0.39, 0.29) is 12.2 Å². The molecule has 1 aromatic carbocycles. The molecule has 0 saturated heterocycles. The fraction of sp³-hybridized carbons (Fsp3) is 0.182. The van der Waals surface area contributed by atoms with E-state index < -0.39 is 6.10 Å². The summed E-state index contributed by atoms with van der Waals surface area (Å²) in [5.74, 6) is 0. The number of hydrogen-bond acceptors (Lipinski definition) is 3. The Labute approximate surface area is 91.9 Å². The Bertz CT molecular complexity index is 516. The Kier molecular flexibility index (Phi) is 2.89. The molecular weight excluding hydrogens is 206 g/mol. The van der Waals surface area contributed by atoms with Crippen molar-refractivity contribution in [3.05, 3.63) is 46.5 Å². The summed E-state index contributed by atoms with van der Waals surface area (Å²) in [6.07, 6.45) is -0.867. The van der Waals surface area contributed by atoms with Gasteiger partial charge >= 0.3 is 5.69 Å². The highest BCUT2D eigenvalue weighted by Gasteiger charge is 2.15. The van der Waals surface area contributed by atoms with Gasteiger partial charge in [0.05, 0.1) is 11.4 Å². The van der Waals surface area contributed by atoms with E-state index in [1.807, 2.05) is 30.3 Å². The number of H-pyrrole nitrogens is 2. The molecule has 0 aliphatic heterocycles. The summed E-state index contributed by atoms with van der Waals surface area (Å²) in [5.41, 5.74) is 6.88. The third kappa shape index (κ3) is 1.91. The predicted molar refractivity (Wildman–Crippen MR) is 60.9 cm³/mol. The van der Waals surface area contributed by atoms with Crippen molar-refractivity contribution in [2.45, 2.75) is 6.10 Å². The van der Waals surface area contributed by atoms with Crippen molar-refractivity contribution in [3.63, 3.8) is 0 Å². The summed E-state index contributed by atoms with van der Waals surface area (Å²) in [4.78, 5) is 16.4. The van der Waals surface area contributed by atoms with Gasteiger partial charge in [-0.2, -0.15) is 0 Å². The minimum Gasteiger partial charge on any atom is -0.385 e. The third-order valence-corrected chi connectivity index (χ3v) is 2.38. The van der Waals surface area contributed by atoms with E-state index in [1.165, 1.54) is 0 Å². The van der Waals surface area contributed by atoms with Crippen LogP contribution in [0.15, 0.2) is 35.1 Å². The van der Waals surface area contributed by atoms with Crippen molar-refractivity contribution in [3.8, 4) is 11.3 Å². The van der Waals surface area contributed by atoms with Gasteiger partial charge in [0.25, 0.3) is 0 Å². The van der Waals surface area contributed by atoms with Crippen LogP contribution in [-0.4, -0.2) is 21.6 Å². The molecule has 1 unspecified atom stereocenters. The van der Waals surface area contributed by atoms with Crippen molar-refractivity contribution >= 4 is 0 Å². The second-order valence-electron chi connectivity index (χ2n) is 3.49. The molecule has 1 heterocycles. The number of aromatic nitrogens is 2. The van der Waals surface area contributed by atoms with Crippen LogP contribution in [0.1, 0.15) is 11.8 Å². The highest BCUT2D eigenvalue weighted by molar-refractivity contribution is 5.61. The zero-order valence-electron chi connectivity index (χ0n) is 8.60. The second-order valence-corrected chi connectivity index (χ2v) is 3.49. The zero-order valence-corrected chi connectivity index (χ0v) is 8.60. The van der Waals surface area contributed by atoms with Crippen LogP contribution in [0.3, 0.4) is 0 Å². The number of imidazole rings is 1. The molecule has 0 spiro atoms. The number of benzene rings is 1. The maximum Gasteiger partial charge on any atom is 0.323 e. The largest absolute Gasteiger partial charge is 0.385 e. The van der Waals surface area contributed by atoms with Gasteiger partial charge in [0.1, 0.15) is 6.10 Å². The third-order valence-electron chi connectivity index (χ3n) is 2.38. The summed E-state index contributed by atoms with van der Waals surface area (Å²) in [6.45, 7) is 0.0631. The molecule has 5 heteroatoms. The van der Waals surface area contributed by atoms with Crippen LogP contribution in [-0.2, 0) is 0 Å². The van der Waals surface area contributed by atoms with Crippen LogP contribution < -0.4 is 11.4 Å². The van der Waals surface area contributed by atoms with E-state index >= 15 is 0 Å². The Morgan fingerprint density at radius 3 is 2.56 bits per heavy atom. The van der Waals surface area contributed by atoms with Gasteiger partial charge in [-0.1, -0.05) is 30.3 Å². The first kappa shape index (κ1) is 10.7.